The molecule has 0 radical (unpaired) electrons. The number of nitrogens with zero attached hydrogens (tertiary/aromatic N) is 1. The lowest BCUT2D eigenvalue weighted by molar-refractivity contribution is -0.156. The van der Waals surface area contributed by atoms with Gasteiger partial charge in [0.2, 0.25) is 0 Å². The summed E-state index contributed by atoms with van der Waals surface area (Å²) in [7, 11) is 0. The fraction of sp³-hybridized carbons (Fsp3) is 0.458. The number of likely N-dealkylation sites (tertiary alicyclic amines) is 1. The van der Waals surface area contributed by atoms with Crippen molar-refractivity contribution in [2.75, 3.05) is 19.6 Å². The van der Waals surface area contributed by atoms with Gasteiger partial charge in [-0.05, 0) is 61.9 Å². The van der Waals surface area contributed by atoms with Gasteiger partial charge >= 0.3 is 5.97 Å². The molecule has 3 rings (SSSR count). The molecule has 0 N–H and O–H groups in total. The Kier molecular flexibility index (Phi) is 7.21. The summed E-state index contributed by atoms with van der Waals surface area (Å²) in [6, 6.07) is 16.5. The number of esters is 1. The van der Waals surface area contributed by atoms with Gasteiger partial charge in [-0.3, -0.25) is 9.69 Å². The van der Waals surface area contributed by atoms with E-state index in [-0.39, 0.29) is 23.8 Å². The van der Waals surface area contributed by atoms with Crippen molar-refractivity contribution in [3.05, 3.63) is 71.5 Å². The Morgan fingerprint density at radius 3 is 2.57 bits per heavy atom. The van der Waals surface area contributed by atoms with Crippen molar-refractivity contribution in [2.45, 2.75) is 45.1 Å². The second kappa shape index (κ2) is 9.83. The lowest BCUT2D eigenvalue weighted by Crippen LogP contribution is -2.46. The smallest absolute Gasteiger partial charge is 0.313 e. The zero-order valence-corrected chi connectivity index (χ0v) is 16.8. The zero-order valence-electron chi connectivity index (χ0n) is 16.8. The molecule has 2 unspecified atom stereocenters. The average Bonchev–Trinajstić information content (AvgIpc) is 2.73. The minimum atomic E-state index is -0.256. The van der Waals surface area contributed by atoms with Crippen LogP contribution in [0, 0.1) is 11.7 Å². The Balaban J connectivity index is 1.57. The minimum absolute atomic E-state index is 0.0642. The monoisotopic (exact) mass is 383 g/mol. The maximum Gasteiger partial charge on any atom is 0.313 e. The molecular formula is C24H30FNO2. The highest BCUT2D eigenvalue weighted by molar-refractivity contribution is 5.77. The molecule has 0 bridgehead atoms. The van der Waals surface area contributed by atoms with Gasteiger partial charge < -0.3 is 4.74 Å². The summed E-state index contributed by atoms with van der Waals surface area (Å²) in [5.41, 5.74) is 2.12. The van der Waals surface area contributed by atoms with E-state index >= 15 is 0 Å². The number of piperidine rings is 1. The number of hydrogen-bond donors (Lipinski definition) is 0. The highest BCUT2D eigenvalue weighted by atomic mass is 19.1. The molecule has 0 aromatic heterocycles. The largest absolute Gasteiger partial charge is 0.460 e. The molecule has 1 aliphatic heterocycles. The van der Waals surface area contributed by atoms with E-state index in [0.29, 0.717) is 5.92 Å². The molecule has 0 aliphatic carbocycles. The Morgan fingerprint density at radius 2 is 1.89 bits per heavy atom. The van der Waals surface area contributed by atoms with Gasteiger partial charge in [-0.2, -0.15) is 0 Å². The van der Waals surface area contributed by atoms with Crippen LogP contribution in [-0.2, 0) is 16.0 Å². The van der Waals surface area contributed by atoms with Crippen LogP contribution in [0.1, 0.15) is 43.7 Å². The van der Waals surface area contributed by atoms with Crippen LogP contribution >= 0.6 is 0 Å². The predicted octanol–water partition coefficient (Wildman–Crippen LogP) is 4.82. The number of halogens is 1. The number of rotatable bonds is 7. The van der Waals surface area contributed by atoms with Crippen LogP contribution in [0.5, 0.6) is 0 Å². The fourth-order valence-corrected chi connectivity index (χ4v) is 3.90. The SMILES string of the molecule is CCC1CCN(CCc2ccc(F)cc2)C[C@@H]1OC(=O)C(C)c1ccccc1. The molecule has 3 atom stereocenters. The summed E-state index contributed by atoms with van der Waals surface area (Å²) in [6.07, 6.45) is 2.87. The van der Waals surface area contributed by atoms with Crippen molar-refractivity contribution >= 4 is 5.97 Å². The zero-order chi connectivity index (χ0) is 19.9. The number of ether oxygens (including phenoxy) is 1. The third-order valence-corrected chi connectivity index (χ3v) is 5.86. The minimum Gasteiger partial charge on any atom is -0.460 e. The van der Waals surface area contributed by atoms with Crippen molar-refractivity contribution in [2.24, 2.45) is 5.92 Å². The molecule has 1 heterocycles. The lowest BCUT2D eigenvalue weighted by Gasteiger charge is -2.38. The molecule has 3 nitrogen and oxygen atoms in total. The third kappa shape index (κ3) is 5.41. The Morgan fingerprint density at radius 1 is 1.18 bits per heavy atom. The Labute approximate surface area is 167 Å². The molecule has 1 aliphatic rings. The first-order chi connectivity index (χ1) is 13.6. The Bertz CT molecular complexity index is 747. The fourth-order valence-electron chi connectivity index (χ4n) is 3.90. The quantitative estimate of drug-likeness (QED) is 0.642. The van der Waals surface area contributed by atoms with E-state index in [0.717, 1.165) is 50.0 Å². The summed E-state index contributed by atoms with van der Waals surface area (Å²) in [4.78, 5) is 15.1. The van der Waals surface area contributed by atoms with E-state index < -0.39 is 0 Å². The van der Waals surface area contributed by atoms with Crippen LogP contribution in [0.15, 0.2) is 54.6 Å². The van der Waals surface area contributed by atoms with E-state index in [1.54, 1.807) is 0 Å². The molecule has 0 amide bonds. The van der Waals surface area contributed by atoms with E-state index in [4.69, 9.17) is 4.74 Å². The van der Waals surface area contributed by atoms with Crippen LogP contribution in [-0.4, -0.2) is 36.6 Å². The Hall–Kier alpha value is -2.20. The normalized spacial score (nSPS) is 21.2. The predicted molar refractivity (Wildman–Crippen MR) is 110 cm³/mol. The highest BCUT2D eigenvalue weighted by Gasteiger charge is 2.32. The summed E-state index contributed by atoms with van der Waals surface area (Å²) in [6.45, 7) is 6.76. The standard InChI is InChI=1S/C24H30FNO2/c1-3-20-14-16-26(15-13-19-9-11-22(25)12-10-19)17-23(20)28-24(27)18(2)21-7-5-4-6-8-21/h4-12,18,20,23H,3,13-17H2,1-2H3/t18?,20?,23-/m0/s1. The van der Waals surface area contributed by atoms with E-state index in [9.17, 15) is 9.18 Å². The topological polar surface area (TPSA) is 29.5 Å². The average molecular weight is 384 g/mol. The molecule has 0 spiro atoms. The molecule has 2 aromatic rings. The van der Waals surface area contributed by atoms with Crippen molar-refractivity contribution < 1.29 is 13.9 Å². The molecule has 1 fully saturated rings. The molecule has 4 heteroatoms. The molecule has 1 saturated heterocycles. The van der Waals surface area contributed by atoms with Gasteiger partial charge in [0, 0.05) is 13.1 Å². The van der Waals surface area contributed by atoms with E-state index in [2.05, 4.69) is 11.8 Å². The van der Waals surface area contributed by atoms with Crippen LogP contribution in [0.3, 0.4) is 0 Å². The second-order valence-electron chi connectivity index (χ2n) is 7.74. The van der Waals surface area contributed by atoms with Crippen molar-refractivity contribution in [1.82, 2.24) is 4.90 Å². The van der Waals surface area contributed by atoms with Crippen LogP contribution < -0.4 is 0 Å². The van der Waals surface area contributed by atoms with Gasteiger partial charge in [0.25, 0.3) is 0 Å². The molecule has 150 valence electrons. The maximum atomic E-state index is 13.1. The number of benzene rings is 2. The summed E-state index contributed by atoms with van der Waals surface area (Å²) < 4.78 is 19.0. The molecule has 28 heavy (non-hydrogen) atoms. The summed E-state index contributed by atoms with van der Waals surface area (Å²) in [5, 5.41) is 0. The second-order valence-corrected chi connectivity index (χ2v) is 7.74. The lowest BCUT2D eigenvalue weighted by atomic mass is 9.91. The van der Waals surface area contributed by atoms with E-state index in [1.165, 1.54) is 12.1 Å². The van der Waals surface area contributed by atoms with Crippen LogP contribution in [0.2, 0.25) is 0 Å². The van der Waals surface area contributed by atoms with Gasteiger partial charge in [0.1, 0.15) is 11.9 Å². The first kappa shape index (κ1) is 20.5. The van der Waals surface area contributed by atoms with Gasteiger partial charge in [-0.15, -0.1) is 0 Å². The first-order valence-corrected chi connectivity index (χ1v) is 10.3. The molecule has 0 saturated carbocycles. The van der Waals surface area contributed by atoms with Crippen molar-refractivity contribution in [3.63, 3.8) is 0 Å². The third-order valence-electron chi connectivity index (χ3n) is 5.86. The first-order valence-electron chi connectivity index (χ1n) is 10.3. The number of carbonyl (C=O) groups excluding carboxylic acids is 1. The number of hydrogen-bond acceptors (Lipinski definition) is 3. The maximum absolute atomic E-state index is 13.1. The van der Waals surface area contributed by atoms with Gasteiger partial charge in [0.15, 0.2) is 0 Å². The molecular weight excluding hydrogens is 353 g/mol. The van der Waals surface area contributed by atoms with Crippen LogP contribution in [0.25, 0.3) is 0 Å². The van der Waals surface area contributed by atoms with Gasteiger partial charge in [-0.1, -0.05) is 49.4 Å². The highest BCUT2D eigenvalue weighted by Crippen LogP contribution is 2.26. The summed E-state index contributed by atoms with van der Waals surface area (Å²) in [5.74, 6) is -0.190. The van der Waals surface area contributed by atoms with Gasteiger partial charge in [0.05, 0.1) is 5.92 Å². The van der Waals surface area contributed by atoms with Gasteiger partial charge in [-0.25, -0.2) is 4.39 Å². The molecule has 2 aromatic carbocycles. The number of carbonyl (C=O) groups is 1. The van der Waals surface area contributed by atoms with Crippen molar-refractivity contribution in [1.29, 1.82) is 0 Å². The van der Waals surface area contributed by atoms with Crippen LogP contribution in [0.4, 0.5) is 4.39 Å². The van der Waals surface area contributed by atoms with Crippen molar-refractivity contribution in [3.8, 4) is 0 Å². The van der Waals surface area contributed by atoms with E-state index in [1.807, 2.05) is 49.4 Å². The summed E-state index contributed by atoms with van der Waals surface area (Å²) >= 11 is 0.